The fraction of sp³-hybridized carbons (Fsp3) is 1.00. The largest absolute Gasteiger partial charge is 0.472 e. The summed E-state index contributed by atoms with van der Waals surface area (Å²) in [5.74, 6) is 0. The summed E-state index contributed by atoms with van der Waals surface area (Å²) in [5, 5.41) is 9.69. The zero-order valence-electron chi connectivity index (χ0n) is 13.8. The van der Waals surface area contributed by atoms with Crippen LogP contribution in [0, 0.1) is 0 Å². The van der Waals surface area contributed by atoms with Crippen LogP contribution in [0.3, 0.4) is 0 Å². The van der Waals surface area contributed by atoms with Crippen LogP contribution in [0.5, 0.6) is 0 Å². The highest BCUT2D eigenvalue weighted by Crippen LogP contribution is 2.47. The molecule has 0 saturated carbocycles. The van der Waals surface area contributed by atoms with Gasteiger partial charge in [0.25, 0.3) is 0 Å². The lowest BCUT2D eigenvalue weighted by Gasteiger charge is -2.23. The van der Waals surface area contributed by atoms with Gasteiger partial charge in [-0.15, -0.1) is 0 Å². The topological polar surface area (TPSA) is 104 Å². The molecule has 2 aliphatic rings. The quantitative estimate of drug-likeness (QED) is 0.455. The van der Waals surface area contributed by atoms with Crippen LogP contribution in [-0.2, 0) is 27.8 Å². The smallest absolute Gasteiger partial charge is 0.390 e. The average molecular weight is 360 g/mol. The maximum Gasteiger partial charge on any atom is 0.472 e. The van der Waals surface area contributed by atoms with E-state index in [0.717, 1.165) is 0 Å². The van der Waals surface area contributed by atoms with Crippen molar-refractivity contribution in [2.45, 2.75) is 69.2 Å². The Balaban J connectivity index is 1.84. The summed E-state index contributed by atoms with van der Waals surface area (Å²) in [5.41, 5.74) is 0. The third kappa shape index (κ3) is 6.11. The molecular formula is C13H23B2O8P. The lowest BCUT2D eigenvalue weighted by molar-refractivity contribution is -0.0510. The van der Waals surface area contributed by atoms with E-state index in [1.54, 1.807) is 0 Å². The van der Waals surface area contributed by atoms with Crippen LogP contribution in [0.4, 0.5) is 0 Å². The molecule has 8 nitrogen and oxygen atoms in total. The molecule has 2 heterocycles. The predicted octanol–water partition coefficient (Wildman–Crippen LogP) is -0.159. The number of phosphoric acid groups is 1. The van der Waals surface area contributed by atoms with Crippen LogP contribution in [0.15, 0.2) is 0 Å². The summed E-state index contributed by atoms with van der Waals surface area (Å²) in [4.78, 5) is 9.87. The minimum absolute atomic E-state index is 0.0199. The van der Waals surface area contributed by atoms with Gasteiger partial charge in [-0.1, -0.05) is 0 Å². The Hall–Kier alpha value is 0.0799. The van der Waals surface area contributed by atoms with E-state index in [-0.39, 0.29) is 32.2 Å². The third-order valence-corrected chi connectivity index (χ3v) is 4.76. The number of hydrogen-bond acceptors (Lipinski definition) is 7. The second kappa shape index (κ2) is 8.64. The number of rotatable bonds is 8. The monoisotopic (exact) mass is 360 g/mol. The Bertz CT molecular complexity index is 454. The maximum atomic E-state index is 12.1. The highest BCUT2D eigenvalue weighted by Gasteiger charge is 2.40. The average Bonchev–Trinajstić information content (AvgIpc) is 2.95. The van der Waals surface area contributed by atoms with Gasteiger partial charge in [0.15, 0.2) is 0 Å². The molecule has 2 saturated heterocycles. The number of ether oxygens (including phenoxy) is 3. The Morgan fingerprint density at radius 3 is 2.38 bits per heavy atom. The molecule has 7 atom stereocenters. The van der Waals surface area contributed by atoms with Crippen LogP contribution < -0.4 is 0 Å². The van der Waals surface area contributed by atoms with E-state index in [1.165, 1.54) is 0 Å². The summed E-state index contributed by atoms with van der Waals surface area (Å²) >= 11 is 0. The summed E-state index contributed by atoms with van der Waals surface area (Å²) in [6.45, 7) is 3.61. The van der Waals surface area contributed by atoms with Gasteiger partial charge in [-0.2, -0.15) is 0 Å². The first-order valence-electron chi connectivity index (χ1n) is 7.94. The second-order valence-corrected chi connectivity index (χ2v) is 7.66. The first kappa shape index (κ1) is 20.4. The molecule has 0 aromatic heterocycles. The first-order valence-corrected chi connectivity index (χ1v) is 9.43. The van der Waals surface area contributed by atoms with Crippen molar-refractivity contribution in [1.82, 2.24) is 0 Å². The zero-order valence-corrected chi connectivity index (χ0v) is 14.7. The molecule has 4 radical (unpaired) electrons. The van der Waals surface area contributed by atoms with Gasteiger partial charge in [0.2, 0.25) is 0 Å². The highest BCUT2D eigenvalue weighted by atomic mass is 31.2. The van der Waals surface area contributed by atoms with E-state index >= 15 is 0 Å². The van der Waals surface area contributed by atoms with E-state index in [2.05, 4.69) is 0 Å². The van der Waals surface area contributed by atoms with Crippen molar-refractivity contribution in [2.75, 3.05) is 13.2 Å². The van der Waals surface area contributed by atoms with E-state index < -0.39 is 44.2 Å². The Morgan fingerprint density at radius 2 is 1.79 bits per heavy atom. The minimum atomic E-state index is -4.37. The number of phosphoric ester groups is 1. The zero-order chi connectivity index (χ0) is 17.9. The van der Waals surface area contributed by atoms with Crippen LogP contribution in [0.25, 0.3) is 0 Å². The van der Waals surface area contributed by atoms with E-state index in [4.69, 9.17) is 39.0 Å². The van der Waals surface area contributed by atoms with Gasteiger partial charge in [0.1, 0.15) is 27.9 Å². The van der Waals surface area contributed by atoms with E-state index in [0.29, 0.717) is 0 Å². The lowest BCUT2D eigenvalue weighted by Crippen LogP contribution is -2.31. The Kier molecular flexibility index (Phi) is 7.34. The molecule has 2 rings (SSSR count). The SMILES string of the molecule is [B]C1CC(O)C(COP(=O)(O)OC2CC([B])OC2COC(C)C)O1. The molecule has 0 aromatic carbocycles. The standard InChI is InChI=1S/C13H23B2O8P/c1-7(2)19-5-11-9(4-13(15)22-11)23-24(17,18)20-6-10-8(16)3-12(14)21-10/h7-13,16H,3-6H2,1-2H3,(H,17,18). The summed E-state index contributed by atoms with van der Waals surface area (Å²) in [7, 11) is 6.87. The normalized spacial score (nSPS) is 39.4. The Morgan fingerprint density at radius 1 is 1.17 bits per heavy atom. The van der Waals surface area contributed by atoms with Crippen molar-refractivity contribution in [3.05, 3.63) is 0 Å². The third-order valence-electron chi connectivity index (χ3n) is 3.75. The minimum Gasteiger partial charge on any atom is -0.390 e. The van der Waals surface area contributed by atoms with Crippen molar-refractivity contribution in [1.29, 1.82) is 0 Å². The molecule has 7 unspecified atom stereocenters. The van der Waals surface area contributed by atoms with Gasteiger partial charge >= 0.3 is 7.82 Å². The van der Waals surface area contributed by atoms with Crippen LogP contribution in [0.1, 0.15) is 26.7 Å². The number of aliphatic hydroxyl groups is 1. The fourth-order valence-corrected chi connectivity index (χ4v) is 3.53. The molecule has 0 spiro atoms. The summed E-state index contributed by atoms with van der Waals surface area (Å²) < 4.78 is 38.3. The van der Waals surface area contributed by atoms with Gasteiger partial charge in [-0.05, 0) is 26.7 Å². The van der Waals surface area contributed by atoms with Crippen molar-refractivity contribution < 1.29 is 37.8 Å². The molecule has 2 aliphatic heterocycles. The Labute approximate surface area is 144 Å². The molecular weight excluding hydrogens is 337 g/mol. The van der Waals surface area contributed by atoms with Gasteiger partial charge in [-0.3, -0.25) is 9.05 Å². The van der Waals surface area contributed by atoms with Crippen molar-refractivity contribution in [2.24, 2.45) is 0 Å². The van der Waals surface area contributed by atoms with Crippen molar-refractivity contribution >= 4 is 23.5 Å². The predicted molar refractivity (Wildman–Crippen MR) is 85.8 cm³/mol. The van der Waals surface area contributed by atoms with Crippen molar-refractivity contribution in [3.8, 4) is 0 Å². The van der Waals surface area contributed by atoms with E-state index in [1.807, 2.05) is 13.8 Å². The van der Waals surface area contributed by atoms with Gasteiger partial charge < -0.3 is 24.2 Å². The molecule has 2 N–H and O–H groups in total. The van der Waals surface area contributed by atoms with E-state index in [9.17, 15) is 14.6 Å². The molecule has 24 heavy (non-hydrogen) atoms. The molecule has 134 valence electrons. The van der Waals surface area contributed by atoms with Gasteiger partial charge in [0.05, 0.1) is 31.5 Å². The molecule has 0 amide bonds. The number of aliphatic hydroxyl groups excluding tert-OH is 1. The molecule has 0 aromatic rings. The summed E-state index contributed by atoms with van der Waals surface area (Å²) in [6.07, 6.45) is -2.45. The van der Waals surface area contributed by atoms with Gasteiger partial charge in [0, 0.05) is 12.0 Å². The first-order chi connectivity index (χ1) is 11.2. The lowest BCUT2D eigenvalue weighted by atomic mass is 9.96. The van der Waals surface area contributed by atoms with Crippen LogP contribution >= 0.6 is 7.82 Å². The number of hydrogen-bond donors (Lipinski definition) is 2. The fourth-order valence-electron chi connectivity index (χ4n) is 2.57. The second-order valence-electron chi connectivity index (χ2n) is 6.25. The van der Waals surface area contributed by atoms with Crippen LogP contribution in [-0.4, -0.2) is 81.4 Å². The van der Waals surface area contributed by atoms with Crippen molar-refractivity contribution in [3.63, 3.8) is 0 Å². The summed E-state index contributed by atoms with van der Waals surface area (Å²) in [6, 6.07) is -1.22. The molecule has 2 fully saturated rings. The molecule has 0 bridgehead atoms. The molecule has 0 aliphatic carbocycles. The maximum absolute atomic E-state index is 12.1. The highest BCUT2D eigenvalue weighted by molar-refractivity contribution is 7.47. The van der Waals surface area contributed by atoms with Gasteiger partial charge in [-0.25, -0.2) is 4.57 Å². The molecule has 11 heteroatoms. The van der Waals surface area contributed by atoms with Crippen LogP contribution in [0.2, 0.25) is 0 Å².